The normalized spacial score (nSPS) is 18.5. The van der Waals surface area contributed by atoms with Gasteiger partial charge in [0.2, 0.25) is 0 Å². The predicted molar refractivity (Wildman–Crippen MR) is 72.3 cm³/mol. The number of nitrogen functional groups attached to an aromatic ring is 1. The van der Waals surface area contributed by atoms with Crippen LogP contribution >= 0.6 is 11.8 Å². The zero-order valence-electron chi connectivity index (χ0n) is 10.5. The first-order valence-corrected chi connectivity index (χ1v) is 6.72. The summed E-state index contributed by atoms with van der Waals surface area (Å²) in [5, 5.41) is 0. The van der Waals surface area contributed by atoms with Crippen LogP contribution in [-0.4, -0.2) is 44.4 Å². The second kappa shape index (κ2) is 5.11. The molecule has 6 nitrogen and oxygen atoms in total. The minimum Gasteiger partial charge on any atom is -0.335 e. The van der Waals surface area contributed by atoms with E-state index in [0.717, 1.165) is 18.8 Å². The Morgan fingerprint density at radius 2 is 2.28 bits per heavy atom. The Hall–Kier alpha value is -1.34. The van der Waals surface area contributed by atoms with E-state index in [1.165, 1.54) is 12.4 Å². The number of amides is 1. The molecule has 18 heavy (non-hydrogen) atoms. The minimum absolute atomic E-state index is 0.0700. The van der Waals surface area contributed by atoms with Crippen LogP contribution in [0.25, 0.3) is 0 Å². The van der Waals surface area contributed by atoms with Gasteiger partial charge in [0.15, 0.2) is 5.82 Å². The molecule has 98 valence electrons. The molecule has 1 aliphatic heterocycles. The van der Waals surface area contributed by atoms with Crippen molar-refractivity contribution < 1.29 is 4.79 Å². The maximum Gasteiger partial charge on any atom is 0.274 e. The lowest BCUT2D eigenvalue weighted by atomic mass is 10.2. The molecule has 1 aromatic heterocycles. The van der Waals surface area contributed by atoms with Gasteiger partial charge in [0.1, 0.15) is 5.69 Å². The number of aromatic nitrogens is 2. The number of nitrogens with two attached hydrogens (primary N) is 1. The highest BCUT2D eigenvalue weighted by atomic mass is 32.2. The van der Waals surface area contributed by atoms with Gasteiger partial charge in [-0.1, -0.05) is 0 Å². The van der Waals surface area contributed by atoms with Crippen LogP contribution < -0.4 is 11.3 Å². The highest BCUT2D eigenvalue weighted by Crippen LogP contribution is 2.29. The van der Waals surface area contributed by atoms with Gasteiger partial charge < -0.3 is 10.3 Å². The van der Waals surface area contributed by atoms with Crippen molar-refractivity contribution in [3.8, 4) is 0 Å². The monoisotopic (exact) mass is 267 g/mol. The Labute approximate surface area is 110 Å². The smallest absolute Gasteiger partial charge is 0.274 e. The molecule has 2 heterocycles. The van der Waals surface area contributed by atoms with E-state index in [9.17, 15) is 4.79 Å². The number of anilines is 1. The van der Waals surface area contributed by atoms with Crippen molar-refractivity contribution in [1.29, 1.82) is 0 Å². The van der Waals surface area contributed by atoms with Gasteiger partial charge in [-0.25, -0.2) is 15.8 Å². The van der Waals surface area contributed by atoms with Crippen molar-refractivity contribution in [3.63, 3.8) is 0 Å². The summed E-state index contributed by atoms with van der Waals surface area (Å²) in [6.45, 7) is 5.77. The van der Waals surface area contributed by atoms with Crippen molar-refractivity contribution in [2.75, 3.05) is 24.3 Å². The highest BCUT2D eigenvalue weighted by Gasteiger charge is 2.30. The van der Waals surface area contributed by atoms with Gasteiger partial charge in [-0.15, -0.1) is 0 Å². The van der Waals surface area contributed by atoms with Crippen LogP contribution in [-0.2, 0) is 0 Å². The first-order chi connectivity index (χ1) is 8.52. The van der Waals surface area contributed by atoms with E-state index in [-0.39, 0.29) is 10.7 Å². The molecule has 1 fully saturated rings. The number of hydrogen-bond donors (Lipinski definition) is 2. The molecule has 0 atom stereocenters. The van der Waals surface area contributed by atoms with E-state index in [4.69, 9.17) is 5.84 Å². The number of hydrogen-bond acceptors (Lipinski definition) is 6. The number of carbonyl (C=O) groups is 1. The fourth-order valence-corrected chi connectivity index (χ4v) is 2.98. The van der Waals surface area contributed by atoms with Gasteiger partial charge in [-0.05, 0) is 13.8 Å². The van der Waals surface area contributed by atoms with Crippen molar-refractivity contribution in [2.45, 2.75) is 18.6 Å². The van der Waals surface area contributed by atoms with Crippen molar-refractivity contribution in [1.82, 2.24) is 14.9 Å². The van der Waals surface area contributed by atoms with Gasteiger partial charge in [0.25, 0.3) is 5.91 Å². The van der Waals surface area contributed by atoms with E-state index < -0.39 is 0 Å². The van der Waals surface area contributed by atoms with Crippen LogP contribution in [0.15, 0.2) is 12.4 Å². The summed E-state index contributed by atoms with van der Waals surface area (Å²) in [5.74, 6) is 6.53. The Kier molecular flexibility index (Phi) is 3.72. The maximum absolute atomic E-state index is 12.2. The van der Waals surface area contributed by atoms with E-state index in [0.29, 0.717) is 11.5 Å². The zero-order chi connectivity index (χ0) is 13.2. The number of hydrazine groups is 1. The third-order valence-electron chi connectivity index (χ3n) is 2.73. The third-order valence-corrected chi connectivity index (χ3v) is 4.03. The molecule has 1 aliphatic rings. The summed E-state index contributed by atoms with van der Waals surface area (Å²) in [4.78, 5) is 22.1. The van der Waals surface area contributed by atoms with Crippen molar-refractivity contribution in [2.24, 2.45) is 5.84 Å². The van der Waals surface area contributed by atoms with Gasteiger partial charge in [-0.2, -0.15) is 11.8 Å². The predicted octanol–water partition coefficient (Wildman–Crippen LogP) is 0.730. The van der Waals surface area contributed by atoms with E-state index in [1.54, 1.807) is 0 Å². The molecule has 0 unspecified atom stereocenters. The fraction of sp³-hybridized carbons (Fsp3) is 0.545. The second-order valence-electron chi connectivity index (χ2n) is 4.77. The van der Waals surface area contributed by atoms with Gasteiger partial charge in [0, 0.05) is 23.6 Å². The molecule has 3 N–H and O–H groups in total. The summed E-state index contributed by atoms with van der Waals surface area (Å²) in [5.41, 5.74) is 2.74. The Morgan fingerprint density at radius 3 is 2.83 bits per heavy atom. The first kappa shape index (κ1) is 13.1. The zero-order valence-corrected chi connectivity index (χ0v) is 11.3. The molecule has 0 aliphatic carbocycles. The molecule has 0 spiro atoms. The Morgan fingerprint density at radius 1 is 1.50 bits per heavy atom. The van der Waals surface area contributed by atoms with Crippen LogP contribution in [0.1, 0.15) is 24.3 Å². The number of thioether (sulfide) groups is 1. The molecule has 1 aromatic rings. The molecule has 7 heteroatoms. The largest absolute Gasteiger partial charge is 0.335 e. The second-order valence-corrected chi connectivity index (χ2v) is 6.57. The number of nitrogens with zero attached hydrogens (tertiary/aromatic N) is 3. The summed E-state index contributed by atoms with van der Waals surface area (Å²) in [7, 11) is 0. The van der Waals surface area contributed by atoms with Crippen LogP contribution in [0.2, 0.25) is 0 Å². The van der Waals surface area contributed by atoms with Crippen LogP contribution in [0.4, 0.5) is 5.82 Å². The third kappa shape index (κ3) is 2.91. The molecule has 0 radical (unpaired) electrons. The van der Waals surface area contributed by atoms with Gasteiger partial charge >= 0.3 is 0 Å². The molecule has 1 saturated heterocycles. The molecule has 0 bridgehead atoms. The first-order valence-electron chi connectivity index (χ1n) is 5.74. The molecular formula is C11H17N5OS. The number of carbonyl (C=O) groups excluding carboxylic acids is 1. The molecule has 2 rings (SSSR count). The molecule has 1 amide bonds. The summed E-state index contributed by atoms with van der Waals surface area (Å²) in [6, 6.07) is 0. The Bertz CT molecular complexity index is 434. The quantitative estimate of drug-likeness (QED) is 0.607. The topological polar surface area (TPSA) is 84.1 Å². The average Bonchev–Trinajstić information content (AvgIpc) is 2.37. The number of rotatable bonds is 2. The van der Waals surface area contributed by atoms with Crippen molar-refractivity contribution >= 4 is 23.5 Å². The molecule has 0 saturated carbocycles. The van der Waals surface area contributed by atoms with Crippen LogP contribution in [0, 0.1) is 0 Å². The molecular weight excluding hydrogens is 250 g/mol. The van der Waals surface area contributed by atoms with Crippen LogP contribution in [0.5, 0.6) is 0 Å². The lowest BCUT2D eigenvalue weighted by Gasteiger charge is -2.37. The van der Waals surface area contributed by atoms with Crippen LogP contribution in [0.3, 0.4) is 0 Å². The standard InChI is InChI=1S/C11H17N5OS/c1-11(2)7-16(3-4-18-11)10(17)8-5-14-9(15-12)6-13-8/h5-6H,3-4,7,12H2,1-2H3,(H,14,15). The Balaban J connectivity index is 2.10. The van der Waals surface area contributed by atoms with E-state index in [1.807, 2.05) is 16.7 Å². The minimum atomic E-state index is -0.0700. The summed E-state index contributed by atoms with van der Waals surface area (Å²) in [6.07, 6.45) is 2.91. The van der Waals surface area contributed by atoms with Gasteiger partial charge in [-0.3, -0.25) is 4.79 Å². The lowest BCUT2D eigenvalue weighted by Crippen LogP contribution is -2.46. The summed E-state index contributed by atoms with van der Waals surface area (Å²) < 4.78 is 0.0973. The highest BCUT2D eigenvalue weighted by molar-refractivity contribution is 8.00. The van der Waals surface area contributed by atoms with E-state index in [2.05, 4.69) is 29.2 Å². The molecule has 0 aromatic carbocycles. The average molecular weight is 267 g/mol. The SMILES string of the molecule is CC1(C)CN(C(=O)c2cnc(NN)cn2)CCS1. The lowest BCUT2D eigenvalue weighted by molar-refractivity contribution is 0.0741. The van der Waals surface area contributed by atoms with Gasteiger partial charge in [0.05, 0.1) is 12.4 Å². The van der Waals surface area contributed by atoms with E-state index >= 15 is 0 Å². The maximum atomic E-state index is 12.2. The fourth-order valence-electron chi connectivity index (χ4n) is 1.86. The summed E-state index contributed by atoms with van der Waals surface area (Å²) >= 11 is 1.89. The number of nitrogens with one attached hydrogen (secondary N) is 1. The van der Waals surface area contributed by atoms with Crippen molar-refractivity contribution in [3.05, 3.63) is 18.1 Å².